The number of carbonyl (C=O) groups excluding carboxylic acids is 4. The lowest BCUT2D eigenvalue weighted by Gasteiger charge is -2.70. The molecular formula is C32H42O9. The molecule has 2 heterocycles. The van der Waals surface area contributed by atoms with E-state index in [0.29, 0.717) is 25.7 Å². The molecule has 0 radical (unpaired) electrons. The van der Waals surface area contributed by atoms with E-state index >= 15 is 0 Å². The molecule has 0 bridgehead atoms. The molecule has 4 aliphatic rings. The van der Waals surface area contributed by atoms with Gasteiger partial charge in [-0.15, -0.1) is 0 Å². The highest BCUT2D eigenvalue weighted by molar-refractivity contribution is 5.85. The van der Waals surface area contributed by atoms with Gasteiger partial charge in [0.15, 0.2) is 0 Å². The summed E-state index contributed by atoms with van der Waals surface area (Å²) in [5.74, 6) is -1.91. The Kier molecular flexibility index (Phi) is 6.98. The summed E-state index contributed by atoms with van der Waals surface area (Å²) in [4.78, 5) is 50.4. The number of hydrogen-bond acceptors (Lipinski definition) is 9. The summed E-state index contributed by atoms with van der Waals surface area (Å²) < 4.78 is 29.4. The van der Waals surface area contributed by atoms with Gasteiger partial charge in [0.2, 0.25) is 0 Å². The molecule has 0 N–H and O–H groups in total. The fourth-order valence-corrected chi connectivity index (χ4v) is 9.52. The lowest BCUT2D eigenvalue weighted by atomic mass is 9.36. The summed E-state index contributed by atoms with van der Waals surface area (Å²) in [6.45, 7) is 14.7. The highest BCUT2D eigenvalue weighted by Gasteiger charge is 2.72. The molecular weight excluding hydrogens is 528 g/mol. The Bertz CT molecular complexity index is 1280. The van der Waals surface area contributed by atoms with Gasteiger partial charge in [-0.25, -0.2) is 4.79 Å². The molecule has 3 aliphatic carbocycles. The fourth-order valence-electron chi connectivity index (χ4n) is 9.52. The molecule has 5 rings (SSSR count). The van der Waals surface area contributed by atoms with Crippen LogP contribution in [0.3, 0.4) is 0 Å². The summed E-state index contributed by atoms with van der Waals surface area (Å²) in [6.07, 6.45) is 4.82. The second-order valence-corrected chi connectivity index (χ2v) is 13.7. The van der Waals surface area contributed by atoms with Crippen LogP contribution in [0, 0.1) is 33.5 Å². The molecule has 9 heteroatoms. The van der Waals surface area contributed by atoms with Gasteiger partial charge in [-0.3, -0.25) is 14.4 Å². The van der Waals surface area contributed by atoms with E-state index in [1.54, 1.807) is 18.6 Å². The third-order valence-electron chi connectivity index (χ3n) is 11.2. The Morgan fingerprint density at radius 3 is 2.05 bits per heavy atom. The van der Waals surface area contributed by atoms with E-state index < -0.39 is 70.0 Å². The Labute approximate surface area is 241 Å². The van der Waals surface area contributed by atoms with Crippen molar-refractivity contribution in [1.82, 2.24) is 0 Å². The fraction of sp³-hybridized carbons (Fsp3) is 0.688. The molecule has 0 aromatic carbocycles. The van der Waals surface area contributed by atoms with E-state index in [0.717, 1.165) is 11.1 Å². The van der Waals surface area contributed by atoms with Crippen LogP contribution in [-0.2, 0) is 38.1 Å². The predicted molar refractivity (Wildman–Crippen MR) is 146 cm³/mol. The molecule has 0 spiro atoms. The number of cyclic esters (lactones) is 1. The molecule has 0 unspecified atom stereocenters. The largest absolute Gasteiger partial charge is 0.472 e. The van der Waals surface area contributed by atoms with Crippen molar-refractivity contribution in [3.05, 3.63) is 35.8 Å². The number of hydrogen-bond donors (Lipinski definition) is 0. The smallest absolute Gasteiger partial charge is 0.331 e. The van der Waals surface area contributed by atoms with E-state index in [1.165, 1.54) is 20.8 Å². The van der Waals surface area contributed by atoms with Gasteiger partial charge in [-0.1, -0.05) is 34.6 Å². The first kappa shape index (κ1) is 29.4. The van der Waals surface area contributed by atoms with Crippen molar-refractivity contribution in [2.24, 2.45) is 33.5 Å². The number of carbonyl (C=O) groups is 4. The summed E-state index contributed by atoms with van der Waals surface area (Å²) >= 11 is 0. The van der Waals surface area contributed by atoms with E-state index in [4.69, 9.17) is 23.4 Å². The maximum Gasteiger partial charge on any atom is 0.331 e. The minimum absolute atomic E-state index is 0.129. The van der Waals surface area contributed by atoms with Gasteiger partial charge in [0.25, 0.3) is 0 Å². The Balaban J connectivity index is 1.70. The topological polar surface area (TPSA) is 118 Å². The first-order valence-corrected chi connectivity index (χ1v) is 14.5. The van der Waals surface area contributed by atoms with Gasteiger partial charge in [0, 0.05) is 60.5 Å². The van der Waals surface area contributed by atoms with Gasteiger partial charge in [0.1, 0.15) is 24.4 Å². The third-order valence-corrected chi connectivity index (χ3v) is 11.2. The zero-order valence-electron chi connectivity index (χ0n) is 25.3. The van der Waals surface area contributed by atoms with Crippen LogP contribution < -0.4 is 0 Å². The molecule has 9 atom stereocenters. The summed E-state index contributed by atoms with van der Waals surface area (Å²) in [7, 11) is 0. The Hall–Kier alpha value is -3.10. The van der Waals surface area contributed by atoms with Crippen LogP contribution in [0.15, 0.2) is 34.7 Å². The lowest BCUT2D eigenvalue weighted by molar-refractivity contribution is -0.264. The summed E-state index contributed by atoms with van der Waals surface area (Å²) in [5, 5.41) is 0. The minimum atomic E-state index is -0.770. The Morgan fingerprint density at radius 2 is 1.46 bits per heavy atom. The highest BCUT2D eigenvalue weighted by atomic mass is 16.6. The number of fused-ring (bicyclic) bond motifs is 5. The second-order valence-electron chi connectivity index (χ2n) is 13.7. The molecule has 41 heavy (non-hydrogen) atoms. The van der Waals surface area contributed by atoms with Gasteiger partial charge in [-0.2, -0.15) is 0 Å². The zero-order valence-corrected chi connectivity index (χ0v) is 25.3. The maximum atomic E-state index is 13.2. The number of furan rings is 1. The molecule has 1 aromatic heterocycles. The quantitative estimate of drug-likeness (QED) is 0.343. The third kappa shape index (κ3) is 4.33. The molecule has 3 fully saturated rings. The van der Waals surface area contributed by atoms with Crippen molar-refractivity contribution < 1.29 is 42.5 Å². The molecule has 1 aliphatic heterocycles. The number of ether oxygens (including phenoxy) is 4. The van der Waals surface area contributed by atoms with Crippen LogP contribution in [0.2, 0.25) is 0 Å². The van der Waals surface area contributed by atoms with Crippen molar-refractivity contribution in [3.63, 3.8) is 0 Å². The van der Waals surface area contributed by atoms with Crippen LogP contribution >= 0.6 is 0 Å². The molecule has 3 saturated carbocycles. The van der Waals surface area contributed by atoms with Crippen molar-refractivity contribution >= 4 is 23.9 Å². The lowest BCUT2D eigenvalue weighted by Crippen LogP contribution is -2.70. The first-order valence-electron chi connectivity index (χ1n) is 14.5. The second kappa shape index (κ2) is 9.73. The van der Waals surface area contributed by atoms with Crippen LogP contribution in [0.1, 0.15) is 92.7 Å². The van der Waals surface area contributed by atoms with Gasteiger partial charge >= 0.3 is 23.9 Å². The van der Waals surface area contributed by atoms with Gasteiger partial charge < -0.3 is 23.4 Å². The highest BCUT2D eigenvalue weighted by Crippen LogP contribution is 2.73. The average Bonchev–Trinajstić information content (AvgIpc) is 3.38. The number of esters is 4. The summed E-state index contributed by atoms with van der Waals surface area (Å²) in [5.41, 5.74) is -0.780. The van der Waals surface area contributed by atoms with Crippen molar-refractivity contribution in [3.8, 4) is 0 Å². The van der Waals surface area contributed by atoms with Gasteiger partial charge in [-0.05, 0) is 42.7 Å². The standard InChI is InChI=1S/C32H42O9/c1-17(33)38-24-15-26(40-19(3)35)31(7)21-9-11-30(6)23(14-27(36)41-28(30)20-10-12-37-16-20)32(21,8)25(39-18(2)34)13-22(31)29(24,4)5/h10,12,14,16,21-22,24-26,28H,9,11,13,15H2,1-8H3/t21-,22-,24+,25-,26-,28+,30-,31+,32+/m0/s1. The predicted octanol–water partition coefficient (Wildman–Crippen LogP) is 5.48. The van der Waals surface area contributed by atoms with Gasteiger partial charge in [0.05, 0.1) is 12.5 Å². The maximum absolute atomic E-state index is 13.2. The molecule has 1 aromatic rings. The van der Waals surface area contributed by atoms with Crippen molar-refractivity contribution in [1.29, 1.82) is 0 Å². The van der Waals surface area contributed by atoms with Crippen LogP contribution in [0.5, 0.6) is 0 Å². The van der Waals surface area contributed by atoms with Crippen LogP contribution in [0.25, 0.3) is 0 Å². The first-order chi connectivity index (χ1) is 19.1. The zero-order chi connectivity index (χ0) is 30.1. The molecule has 224 valence electrons. The van der Waals surface area contributed by atoms with E-state index in [-0.39, 0.29) is 11.8 Å². The summed E-state index contributed by atoms with van der Waals surface area (Å²) in [6, 6.07) is 1.82. The van der Waals surface area contributed by atoms with E-state index in [2.05, 4.69) is 34.6 Å². The molecule has 0 saturated heterocycles. The van der Waals surface area contributed by atoms with E-state index in [1.807, 2.05) is 6.07 Å². The SMILES string of the molecule is CC(=O)O[C@H]1C[C@H]2C(C)(C)[C@H](OC(C)=O)C[C@H](OC(C)=O)[C@]2(C)[C@@H]2CC[C@@]3(C)C(=CC(=O)O[C@@H]3c3ccoc3)[C@]12C. The molecule has 0 amide bonds. The monoisotopic (exact) mass is 570 g/mol. The normalized spacial score (nSPS) is 41.0. The van der Waals surface area contributed by atoms with E-state index in [9.17, 15) is 19.2 Å². The van der Waals surface area contributed by atoms with Crippen LogP contribution in [-0.4, -0.2) is 42.2 Å². The van der Waals surface area contributed by atoms with Crippen molar-refractivity contribution in [2.45, 2.75) is 105 Å². The number of rotatable bonds is 4. The molecule has 9 nitrogen and oxygen atoms in total. The van der Waals surface area contributed by atoms with Crippen molar-refractivity contribution in [2.75, 3.05) is 0 Å². The minimum Gasteiger partial charge on any atom is -0.472 e. The Morgan fingerprint density at radius 1 is 0.854 bits per heavy atom. The van der Waals surface area contributed by atoms with Crippen LogP contribution in [0.4, 0.5) is 0 Å². The average molecular weight is 571 g/mol.